The fourth-order valence-electron chi connectivity index (χ4n) is 4.05. The molecule has 1 heterocycles. The van der Waals surface area contributed by atoms with Crippen LogP contribution < -0.4 is 14.8 Å². The van der Waals surface area contributed by atoms with Gasteiger partial charge in [-0.2, -0.15) is 0 Å². The van der Waals surface area contributed by atoms with Gasteiger partial charge >= 0.3 is 17.7 Å². The lowest BCUT2D eigenvalue weighted by Crippen LogP contribution is -2.55. The largest absolute Gasteiger partial charge is 0.475 e. The number of fused-ring (bicyclic) bond motifs is 1. The first kappa shape index (κ1) is 28.4. The van der Waals surface area contributed by atoms with Gasteiger partial charge in [-0.05, 0) is 54.3 Å². The quantitative estimate of drug-likeness (QED) is 0.164. The normalized spacial score (nSPS) is 17.4. The molecule has 1 unspecified atom stereocenters. The molecule has 39 heavy (non-hydrogen) atoms. The maximum Gasteiger partial charge on any atom is 0.453 e. The number of esters is 1. The fraction of sp³-hybridized carbons (Fsp3) is 0.310. The minimum atomic E-state index is -2.63. The first-order valence-corrected chi connectivity index (χ1v) is 12.8. The van der Waals surface area contributed by atoms with E-state index < -0.39 is 23.8 Å². The van der Waals surface area contributed by atoms with Crippen LogP contribution >= 0.6 is 11.6 Å². The van der Waals surface area contributed by atoms with Gasteiger partial charge in [-0.25, -0.2) is 9.59 Å². The molecule has 0 aliphatic carbocycles. The number of halogens is 1. The van der Waals surface area contributed by atoms with Crippen molar-refractivity contribution in [1.29, 1.82) is 0 Å². The number of aliphatic hydroxyl groups excluding tert-OH is 1. The molecule has 3 aromatic carbocycles. The molecule has 0 saturated carbocycles. The number of aliphatic hydroxyl groups is 1. The van der Waals surface area contributed by atoms with E-state index in [1.54, 1.807) is 42.5 Å². The number of nitrogens with one attached hydrogen (secondary N) is 1. The van der Waals surface area contributed by atoms with Crippen molar-refractivity contribution < 1.29 is 38.7 Å². The van der Waals surface area contributed by atoms with Crippen LogP contribution in [-0.4, -0.2) is 53.7 Å². The van der Waals surface area contributed by atoms with Crippen LogP contribution in [0.1, 0.15) is 29.7 Å². The maximum atomic E-state index is 12.7. The van der Waals surface area contributed by atoms with Crippen molar-refractivity contribution in [3.63, 3.8) is 0 Å². The van der Waals surface area contributed by atoms with Crippen molar-refractivity contribution in [2.75, 3.05) is 19.8 Å². The van der Waals surface area contributed by atoms with Crippen LogP contribution in [0.4, 0.5) is 0 Å². The standard InChI is InChI=1S/C29H30ClNO8/c1-19(31-17-24(32)22-8-5-9-23(30)16-22)14-21-10-11-25-26(15-21)39-29(38-25,27(33)34)28(35)37-13-12-36-18-20-6-3-2-4-7-20/h2-11,15-16,19,24,31-32H,12-14,17-18H2,1H3,(H,33,34)/t19-,24+,29?/m1/s1. The number of benzene rings is 3. The van der Waals surface area contributed by atoms with Crippen molar-refractivity contribution in [3.05, 3.63) is 94.5 Å². The highest BCUT2D eigenvalue weighted by molar-refractivity contribution is 6.30. The number of rotatable bonds is 13. The molecule has 0 amide bonds. The van der Waals surface area contributed by atoms with Crippen LogP contribution in [0.25, 0.3) is 0 Å². The molecular weight excluding hydrogens is 526 g/mol. The average Bonchev–Trinajstić information content (AvgIpc) is 3.32. The lowest BCUT2D eigenvalue weighted by atomic mass is 10.1. The van der Waals surface area contributed by atoms with Gasteiger partial charge < -0.3 is 34.5 Å². The molecule has 3 N–H and O–H groups in total. The summed E-state index contributed by atoms with van der Waals surface area (Å²) in [4.78, 5) is 24.7. The molecule has 3 atom stereocenters. The molecule has 3 aromatic rings. The van der Waals surface area contributed by atoms with Crippen LogP contribution in [0.2, 0.25) is 5.02 Å². The first-order valence-electron chi connectivity index (χ1n) is 12.5. The number of aliphatic carboxylic acids is 1. The van der Waals surface area contributed by atoms with Gasteiger partial charge in [-0.3, -0.25) is 0 Å². The molecule has 0 aromatic heterocycles. The van der Waals surface area contributed by atoms with Crippen molar-refractivity contribution in [2.45, 2.75) is 37.9 Å². The zero-order chi connectivity index (χ0) is 27.8. The third-order valence-electron chi connectivity index (χ3n) is 6.07. The molecule has 0 radical (unpaired) electrons. The van der Waals surface area contributed by atoms with Crippen LogP contribution in [0.5, 0.6) is 11.5 Å². The Morgan fingerprint density at radius 3 is 2.49 bits per heavy atom. The SMILES string of the molecule is C[C@H](Cc1ccc2c(c1)OC(C(=O)O)(C(=O)OCCOCc1ccccc1)O2)NC[C@H](O)c1cccc(Cl)c1. The Kier molecular flexibility index (Phi) is 9.42. The van der Waals surface area contributed by atoms with Gasteiger partial charge in [0.15, 0.2) is 11.5 Å². The molecule has 4 rings (SSSR count). The van der Waals surface area contributed by atoms with Crippen molar-refractivity contribution in [1.82, 2.24) is 5.32 Å². The number of hydrogen-bond donors (Lipinski definition) is 3. The monoisotopic (exact) mass is 555 g/mol. The predicted octanol–water partition coefficient (Wildman–Crippen LogP) is 3.91. The zero-order valence-corrected chi connectivity index (χ0v) is 22.1. The van der Waals surface area contributed by atoms with E-state index in [1.165, 1.54) is 0 Å². The summed E-state index contributed by atoms with van der Waals surface area (Å²) in [6.45, 7) is 2.50. The van der Waals surface area contributed by atoms with Crippen molar-refractivity contribution >= 4 is 23.5 Å². The topological polar surface area (TPSA) is 124 Å². The summed E-state index contributed by atoms with van der Waals surface area (Å²) in [7, 11) is 0. The van der Waals surface area contributed by atoms with E-state index in [9.17, 15) is 19.8 Å². The van der Waals surface area contributed by atoms with E-state index >= 15 is 0 Å². The van der Waals surface area contributed by atoms with Gasteiger partial charge in [0.1, 0.15) is 6.61 Å². The smallest absolute Gasteiger partial charge is 0.453 e. The van der Waals surface area contributed by atoms with E-state index in [-0.39, 0.29) is 30.8 Å². The van der Waals surface area contributed by atoms with Crippen molar-refractivity contribution in [2.24, 2.45) is 0 Å². The Morgan fingerprint density at radius 2 is 1.74 bits per heavy atom. The summed E-state index contributed by atoms with van der Waals surface area (Å²) in [5, 5.41) is 24.0. The van der Waals surface area contributed by atoms with Crippen LogP contribution in [-0.2, 0) is 32.1 Å². The average molecular weight is 556 g/mol. The third kappa shape index (κ3) is 7.27. The van der Waals surface area contributed by atoms with Crippen LogP contribution in [0, 0.1) is 0 Å². The highest BCUT2D eigenvalue weighted by Crippen LogP contribution is 2.41. The minimum absolute atomic E-state index is 0.0377. The molecule has 0 spiro atoms. The molecule has 0 bridgehead atoms. The maximum absolute atomic E-state index is 12.7. The number of ether oxygens (including phenoxy) is 4. The number of carboxylic acid groups (broad SMARTS) is 1. The summed E-state index contributed by atoms with van der Waals surface area (Å²) in [5.41, 5.74) is 2.49. The Hall–Kier alpha value is -3.63. The first-order chi connectivity index (χ1) is 18.8. The van der Waals surface area contributed by atoms with Gasteiger partial charge in [0, 0.05) is 17.6 Å². The Bertz CT molecular complexity index is 1290. The van der Waals surface area contributed by atoms with Crippen molar-refractivity contribution in [3.8, 4) is 11.5 Å². The fourth-order valence-corrected chi connectivity index (χ4v) is 4.25. The third-order valence-corrected chi connectivity index (χ3v) is 6.31. The highest BCUT2D eigenvalue weighted by atomic mass is 35.5. The summed E-state index contributed by atoms with van der Waals surface area (Å²) in [5.74, 6) is -5.19. The Labute approximate surface area is 231 Å². The molecule has 0 saturated heterocycles. The molecule has 0 fully saturated rings. The summed E-state index contributed by atoms with van der Waals surface area (Å²) in [6, 6.07) is 21.4. The number of carbonyl (C=O) groups is 2. The van der Waals surface area contributed by atoms with E-state index in [2.05, 4.69) is 5.32 Å². The van der Waals surface area contributed by atoms with Gasteiger partial charge in [0.25, 0.3) is 0 Å². The molecule has 206 valence electrons. The molecular formula is C29H30ClNO8. The Morgan fingerprint density at radius 1 is 0.974 bits per heavy atom. The number of carboxylic acids is 1. The van der Waals surface area contributed by atoms with Crippen LogP contribution in [0.3, 0.4) is 0 Å². The summed E-state index contributed by atoms with van der Waals surface area (Å²) >= 11 is 6.00. The predicted molar refractivity (Wildman–Crippen MR) is 143 cm³/mol. The molecule has 9 nitrogen and oxygen atoms in total. The second-order valence-electron chi connectivity index (χ2n) is 9.17. The lowest BCUT2D eigenvalue weighted by molar-refractivity contribution is -0.199. The molecule has 1 aliphatic heterocycles. The van der Waals surface area contributed by atoms with E-state index in [0.717, 1.165) is 11.1 Å². The summed E-state index contributed by atoms with van der Waals surface area (Å²) in [6.07, 6.45) is -0.184. The number of hydrogen-bond acceptors (Lipinski definition) is 8. The zero-order valence-electron chi connectivity index (χ0n) is 21.3. The van der Waals surface area contributed by atoms with Gasteiger partial charge in [0.05, 0.1) is 19.3 Å². The second kappa shape index (κ2) is 12.9. The summed E-state index contributed by atoms with van der Waals surface area (Å²) < 4.78 is 21.6. The molecule has 1 aliphatic rings. The second-order valence-corrected chi connectivity index (χ2v) is 9.60. The lowest BCUT2D eigenvalue weighted by Gasteiger charge is -2.20. The Balaban J connectivity index is 1.29. The van der Waals surface area contributed by atoms with Gasteiger partial charge in [-0.1, -0.05) is 60.1 Å². The van der Waals surface area contributed by atoms with E-state index in [1.807, 2.05) is 37.3 Å². The van der Waals surface area contributed by atoms with E-state index in [4.69, 9.17) is 30.5 Å². The van der Waals surface area contributed by atoms with Crippen LogP contribution in [0.15, 0.2) is 72.8 Å². The minimum Gasteiger partial charge on any atom is -0.475 e. The van der Waals surface area contributed by atoms with E-state index in [0.29, 0.717) is 30.2 Å². The number of carbonyl (C=O) groups excluding carboxylic acids is 1. The van der Waals surface area contributed by atoms with Gasteiger partial charge in [0.2, 0.25) is 0 Å². The van der Waals surface area contributed by atoms with Gasteiger partial charge in [-0.15, -0.1) is 0 Å². The highest BCUT2D eigenvalue weighted by Gasteiger charge is 2.58. The molecule has 10 heteroatoms.